The van der Waals surface area contributed by atoms with Crippen LogP contribution in [0.4, 0.5) is 5.69 Å². The molecular weight excluding hydrogens is 328 g/mol. The second kappa shape index (κ2) is 8.92. The fraction of sp³-hybridized carbons (Fsp3) is 0.588. The Bertz CT molecular complexity index is 622. The number of sulfonamides is 1. The molecule has 136 valence electrons. The lowest BCUT2D eigenvalue weighted by Crippen LogP contribution is -2.36. The van der Waals surface area contributed by atoms with E-state index in [2.05, 4.69) is 0 Å². The van der Waals surface area contributed by atoms with Crippen molar-refractivity contribution in [1.29, 1.82) is 0 Å². The predicted octanol–water partition coefficient (Wildman–Crippen LogP) is 2.50. The minimum absolute atomic E-state index is 0.0478. The molecule has 7 heteroatoms. The molecule has 0 fully saturated rings. The molecule has 0 atom stereocenters. The van der Waals surface area contributed by atoms with Crippen LogP contribution in [0.15, 0.2) is 24.3 Å². The number of carbonyl (C=O) groups excluding carboxylic acids is 1. The molecule has 1 rings (SSSR count). The largest absolute Gasteiger partial charge is 0.491 e. The molecule has 0 aliphatic carbocycles. The molecule has 1 aromatic rings. The highest BCUT2D eigenvalue weighted by atomic mass is 32.2. The molecular formula is C17H28N2O4S. The van der Waals surface area contributed by atoms with Crippen molar-refractivity contribution in [1.82, 2.24) is 4.90 Å². The first-order valence-corrected chi connectivity index (χ1v) is 10.1. The van der Waals surface area contributed by atoms with Crippen molar-refractivity contribution in [2.24, 2.45) is 0 Å². The van der Waals surface area contributed by atoms with E-state index >= 15 is 0 Å². The van der Waals surface area contributed by atoms with Crippen LogP contribution in [0.3, 0.4) is 0 Å². The van der Waals surface area contributed by atoms with Gasteiger partial charge in [0, 0.05) is 26.1 Å². The van der Waals surface area contributed by atoms with Gasteiger partial charge in [-0.3, -0.25) is 9.10 Å². The normalized spacial score (nSPS) is 11.4. The number of hydrogen-bond acceptors (Lipinski definition) is 4. The maximum atomic E-state index is 12.1. The third-order valence-corrected chi connectivity index (χ3v) is 4.74. The van der Waals surface area contributed by atoms with Gasteiger partial charge in [0.1, 0.15) is 5.75 Å². The van der Waals surface area contributed by atoms with E-state index in [9.17, 15) is 13.2 Å². The van der Waals surface area contributed by atoms with Gasteiger partial charge in [-0.15, -0.1) is 0 Å². The molecule has 0 saturated carbocycles. The van der Waals surface area contributed by atoms with Crippen LogP contribution < -0.4 is 9.04 Å². The van der Waals surface area contributed by atoms with E-state index < -0.39 is 10.0 Å². The molecule has 0 radical (unpaired) electrons. The van der Waals surface area contributed by atoms with E-state index in [4.69, 9.17) is 4.74 Å². The molecule has 0 spiro atoms. The van der Waals surface area contributed by atoms with E-state index in [0.717, 1.165) is 6.26 Å². The van der Waals surface area contributed by atoms with Crippen molar-refractivity contribution in [2.75, 3.05) is 30.2 Å². The second-order valence-corrected chi connectivity index (χ2v) is 7.72. The summed E-state index contributed by atoms with van der Waals surface area (Å²) in [4.78, 5) is 13.8. The quantitative estimate of drug-likeness (QED) is 0.682. The molecule has 0 aliphatic heterocycles. The summed E-state index contributed by atoms with van der Waals surface area (Å²) in [7, 11) is -3.47. The number of ether oxygens (including phenoxy) is 1. The maximum Gasteiger partial charge on any atom is 0.232 e. The SMILES string of the molecule is CCN(CC)C(=O)CCN(c1ccc(OC(C)C)cc1)S(C)(=O)=O. The van der Waals surface area contributed by atoms with Crippen molar-refractivity contribution >= 4 is 21.6 Å². The lowest BCUT2D eigenvalue weighted by molar-refractivity contribution is -0.130. The highest BCUT2D eigenvalue weighted by Gasteiger charge is 2.20. The van der Waals surface area contributed by atoms with E-state index in [-0.39, 0.29) is 25.0 Å². The van der Waals surface area contributed by atoms with Crippen LogP contribution in [0, 0.1) is 0 Å². The van der Waals surface area contributed by atoms with Gasteiger partial charge >= 0.3 is 0 Å². The number of anilines is 1. The first-order chi connectivity index (χ1) is 11.2. The van der Waals surface area contributed by atoms with Crippen molar-refractivity contribution in [3.05, 3.63) is 24.3 Å². The molecule has 1 aromatic carbocycles. The van der Waals surface area contributed by atoms with Crippen LogP contribution in [0.25, 0.3) is 0 Å². The number of rotatable bonds is 9. The van der Waals surface area contributed by atoms with Gasteiger partial charge in [0.15, 0.2) is 0 Å². The summed E-state index contributed by atoms with van der Waals surface area (Å²) in [5.74, 6) is 0.634. The van der Waals surface area contributed by atoms with Gasteiger partial charge in [0.2, 0.25) is 15.9 Å². The molecule has 0 saturated heterocycles. The van der Waals surface area contributed by atoms with Gasteiger partial charge in [0.25, 0.3) is 0 Å². The average Bonchev–Trinajstić information content (AvgIpc) is 2.48. The minimum atomic E-state index is -3.47. The molecule has 1 amide bonds. The summed E-state index contributed by atoms with van der Waals surface area (Å²) >= 11 is 0. The molecule has 0 aromatic heterocycles. The molecule has 6 nitrogen and oxygen atoms in total. The van der Waals surface area contributed by atoms with Crippen LogP contribution >= 0.6 is 0 Å². The van der Waals surface area contributed by atoms with Crippen LogP contribution in [0.1, 0.15) is 34.1 Å². The summed E-state index contributed by atoms with van der Waals surface area (Å²) in [6.07, 6.45) is 1.35. The Kier molecular flexibility index (Phi) is 7.54. The Morgan fingerprint density at radius 2 is 1.67 bits per heavy atom. The third kappa shape index (κ3) is 6.03. The molecule has 0 N–H and O–H groups in total. The maximum absolute atomic E-state index is 12.1. The molecule has 0 aliphatic rings. The lowest BCUT2D eigenvalue weighted by Gasteiger charge is -2.24. The fourth-order valence-corrected chi connectivity index (χ4v) is 3.31. The smallest absolute Gasteiger partial charge is 0.232 e. The number of carbonyl (C=O) groups is 1. The number of benzene rings is 1. The van der Waals surface area contributed by atoms with Crippen molar-refractivity contribution < 1.29 is 17.9 Å². The standard InChI is InChI=1S/C17H28N2O4S/c1-6-18(7-2)17(20)12-13-19(24(5,21)22)15-8-10-16(11-9-15)23-14(3)4/h8-11,14H,6-7,12-13H2,1-5H3. The van der Waals surface area contributed by atoms with Crippen molar-refractivity contribution in [3.63, 3.8) is 0 Å². The van der Waals surface area contributed by atoms with Crippen LogP contribution in [0.2, 0.25) is 0 Å². The lowest BCUT2D eigenvalue weighted by atomic mass is 10.2. The summed E-state index contributed by atoms with van der Waals surface area (Å²) in [5, 5.41) is 0. The fourth-order valence-electron chi connectivity index (χ4n) is 2.38. The number of nitrogens with zero attached hydrogens (tertiary/aromatic N) is 2. The van der Waals surface area contributed by atoms with Crippen LogP contribution in [-0.4, -0.2) is 51.2 Å². The van der Waals surface area contributed by atoms with Crippen LogP contribution in [0.5, 0.6) is 5.75 Å². The zero-order chi connectivity index (χ0) is 18.3. The van der Waals surface area contributed by atoms with Gasteiger partial charge in [0.05, 0.1) is 18.0 Å². The van der Waals surface area contributed by atoms with Crippen molar-refractivity contribution in [2.45, 2.75) is 40.2 Å². The average molecular weight is 356 g/mol. The molecule has 24 heavy (non-hydrogen) atoms. The summed E-state index contributed by atoms with van der Waals surface area (Å²) in [6, 6.07) is 6.86. The van der Waals surface area contributed by atoms with E-state index in [0.29, 0.717) is 24.5 Å². The highest BCUT2D eigenvalue weighted by Crippen LogP contribution is 2.22. The summed E-state index contributed by atoms with van der Waals surface area (Å²) in [5.41, 5.74) is 0.529. The van der Waals surface area contributed by atoms with Gasteiger partial charge in [-0.1, -0.05) is 0 Å². The van der Waals surface area contributed by atoms with Gasteiger partial charge in [-0.05, 0) is 52.0 Å². The van der Waals surface area contributed by atoms with E-state index in [1.54, 1.807) is 29.2 Å². The second-order valence-electron chi connectivity index (χ2n) is 5.81. The zero-order valence-electron chi connectivity index (χ0n) is 15.2. The molecule has 0 bridgehead atoms. The molecule has 0 heterocycles. The Morgan fingerprint density at radius 3 is 2.08 bits per heavy atom. The number of amides is 1. The zero-order valence-corrected chi connectivity index (χ0v) is 16.0. The van der Waals surface area contributed by atoms with Gasteiger partial charge < -0.3 is 9.64 Å². The van der Waals surface area contributed by atoms with E-state index in [1.165, 1.54) is 4.31 Å². The monoisotopic (exact) mass is 356 g/mol. The third-order valence-electron chi connectivity index (χ3n) is 3.54. The molecule has 0 unspecified atom stereocenters. The van der Waals surface area contributed by atoms with Crippen molar-refractivity contribution in [3.8, 4) is 5.75 Å². The van der Waals surface area contributed by atoms with Gasteiger partial charge in [-0.25, -0.2) is 8.42 Å². The highest BCUT2D eigenvalue weighted by molar-refractivity contribution is 7.92. The first kappa shape index (κ1) is 20.3. The van der Waals surface area contributed by atoms with E-state index in [1.807, 2.05) is 27.7 Å². The Balaban J connectivity index is 2.89. The van der Waals surface area contributed by atoms with Gasteiger partial charge in [-0.2, -0.15) is 0 Å². The predicted molar refractivity (Wildman–Crippen MR) is 96.9 cm³/mol. The Labute approximate surface area is 145 Å². The summed E-state index contributed by atoms with van der Waals surface area (Å²) < 4.78 is 31.0. The first-order valence-electron chi connectivity index (χ1n) is 8.21. The topological polar surface area (TPSA) is 66.9 Å². The van der Waals surface area contributed by atoms with Crippen LogP contribution in [-0.2, 0) is 14.8 Å². The Hall–Kier alpha value is -1.76. The Morgan fingerprint density at radius 1 is 1.12 bits per heavy atom. The number of hydrogen-bond donors (Lipinski definition) is 0. The summed E-state index contributed by atoms with van der Waals surface area (Å²) in [6.45, 7) is 9.03. The minimum Gasteiger partial charge on any atom is -0.491 e.